The lowest BCUT2D eigenvalue weighted by Gasteiger charge is -2.35. The number of Topliss-reactive ketones (excluding diaryl/α,β-unsaturated/α-hetero) is 1. The van der Waals surface area contributed by atoms with E-state index >= 15 is 0 Å². The number of carbonyl (C=O) groups excluding carboxylic acids is 7. The van der Waals surface area contributed by atoms with Gasteiger partial charge in [-0.2, -0.15) is 8.78 Å². The number of benzene rings is 7. The number of ketones is 1. The van der Waals surface area contributed by atoms with Crippen molar-refractivity contribution in [2.45, 2.75) is 256 Å². The summed E-state index contributed by atoms with van der Waals surface area (Å²) in [6.07, 6.45) is 2.75. The Bertz CT molecular complexity index is 4220. The SMILES string of the molecule is C=CCOC(=O)C(C)C.CC(C)C(=O)C(C)(F)F.CC(C)C(=O)OC(C)(C)C.CC(C)C(=O)OCC(Cl)(Cl)Cl.CC(C)C(=O)OCC1c2ccccc2-c2ccccc21.CC(C)C(=O)OCC[Si](C)(C)C.CC(C)C(=O)OCc1ccccc1.CC(C)C(C)(c1ccccc1)c1ccccc1.CC(C)Cc1ccccc1.Cc1ccc(S(=O)(=O)C(C)C)cc1. The molecule has 0 aliphatic heterocycles. The molecular formula is C102H147Cl3F2O15SSi. The fraction of sp³-hybridized carbons (Fsp3) is 0.500. The predicted molar refractivity (Wildman–Crippen MR) is 510 cm³/mol. The smallest absolute Gasteiger partial charge is 0.308 e. The first-order chi connectivity index (χ1) is 57.3. The summed E-state index contributed by atoms with van der Waals surface area (Å²) in [6, 6.07) is 66.6. The molecule has 0 N–H and O–H groups in total. The van der Waals surface area contributed by atoms with Crippen molar-refractivity contribution in [3.63, 3.8) is 0 Å². The molecule has 124 heavy (non-hydrogen) atoms. The summed E-state index contributed by atoms with van der Waals surface area (Å²) in [7, 11) is -4.13. The van der Waals surface area contributed by atoms with Crippen LogP contribution in [0.15, 0.2) is 212 Å². The summed E-state index contributed by atoms with van der Waals surface area (Å²) in [6.45, 7) is 59.4. The Kier molecular flexibility index (Phi) is 56.6. The second-order valence-electron chi connectivity index (χ2n) is 35.5. The van der Waals surface area contributed by atoms with Crippen molar-refractivity contribution in [2.75, 3.05) is 26.4 Å². The maximum atomic E-state index is 12.0. The molecule has 22 heteroatoms. The minimum Gasteiger partial charge on any atom is -0.466 e. The van der Waals surface area contributed by atoms with Crippen LogP contribution in [-0.2, 0) is 90.3 Å². The number of alkyl halides is 5. The average molecular weight is 1820 g/mol. The first kappa shape index (κ1) is 118. The fourth-order valence-corrected chi connectivity index (χ4v) is 12.3. The summed E-state index contributed by atoms with van der Waals surface area (Å²) in [4.78, 5) is 77.0. The molecule has 690 valence electrons. The molecule has 0 fully saturated rings. The predicted octanol–water partition coefficient (Wildman–Crippen LogP) is 26.4. The number of fused-ring (bicyclic) bond motifs is 3. The van der Waals surface area contributed by atoms with Crippen LogP contribution in [0, 0.1) is 60.2 Å². The number of aryl methyl sites for hydroxylation is 1. The zero-order chi connectivity index (χ0) is 95.7. The van der Waals surface area contributed by atoms with Gasteiger partial charge in [0.15, 0.2) is 9.84 Å². The first-order valence-corrected chi connectivity index (χ1v) is 49.0. The highest BCUT2D eigenvalue weighted by atomic mass is 35.6. The van der Waals surface area contributed by atoms with Crippen LogP contribution in [-0.4, -0.2) is 105 Å². The van der Waals surface area contributed by atoms with Crippen LogP contribution in [0.2, 0.25) is 25.7 Å². The van der Waals surface area contributed by atoms with Gasteiger partial charge in [0, 0.05) is 32.2 Å². The van der Waals surface area contributed by atoms with Gasteiger partial charge in [-0.3, -0.25) is 33.6 Å². The molecule has 7 aromatic rings. The maximum absolute atomic E-state index is 12.0. The van der Waals surface area contributed by atoms with Crippen LogP contribution in [0.5, 0.6) is 0 Å². The molecule has 0 spiro atoms. The van der Waals surface area contributed by atoms with Crippen LogP contribution in [0.3, 0.4) is 0 Å². The normalized spacial score (nSPS) is 11.6. The lowest BCUT2D eigenvalue weighted by Crippen LogP contribution is -2.29. The van der Waals surface area contributed by atoms with E-state index in [4.69, 9.17) is 58.5 Å². The van der Waals surface area contributed by atoms with Crippen LogP contribution in [0.25, 0.3) is 11.1 Å². The zero-order valence-electron chi connectivity index (χ0n) is 79.5. The monoisotopic (exact) mass is 1810 g/mol. The number of ether oxygens (including phenoxy) is 6. The molecule has 0 bridgehead atoms. The lowest BCUT2D eigenvalue weighted by atomic mass is 9.68. The van der Waals surface area contributed by atoms with E-state index < -0.39 is 39.3 Å². The van der Waals surface area contributed by atoms with Crippen molar-refractivity contribution in [3.05, 3.63) is 246 Å². The molecule has 0 radical (unpaired) electrons. The molecule has 1 aliphatic carbocycles. The van der Waals surface area contributed by atoms with Gasteiger partial charge >= 0.3 is 41.7 Å². The minimum absolute atomic E-state index is 0.00614. The Morgan fingerprint density at radius 1 is 0.452 bits per heavy atom. The molecule has 0 saturated carbocycles. The molecule has 1 aliphatic rings. The number of hydrogen-bond donors (Lipinski definition) is 0. The highest BCUT2D eigenvalue weighted by Crippen LogP contribution is 2.45. The Balaban J connectivity index is 0. The van der Waals surface area contributed by atoms with Crippen LogP contribution < -0.4 is 0 Å². The summed E-state index contributed by atoms with van der Waals surface area (Å²) < 4.78 is 75.8. The van der Waals surface area contributed by atoms with Crippen molar-refractivity contribution in [1.82, 2.24) is 0 Å². The number of halogens is 5. The van der Waals surface area contributed by atoms with E-state index in [0.29, 0.717) is 44.2 Å². The molecule has 8 rings (SSSR count). The summed E-state index contributed by atoms with van der Waals surface area (Å²) in [5, 5.41) is -0.352. The molecule has 0 saturated heterocycles. The van der Waals surface area contributed by atoms with Gasteiger partial charge in [0.1, 0.15) is 32.0 Å². The Morgan fingerprint density at radius 3 is 1.13 bits per heavy atom. The molecule has 7 aromatic carbocycles. The van der Waals surface area contributed by atoms with Gasteiger partial charge in [0.05, 0.1) is 52.3 Å². The largest absolute Gasteiger partial charge is 0.466 e. The quantitative estimate of drug-likeness (QED) is 0.0171. The van der Waals surface area contributed by atoms with Crippen LogP contribution in [0.1, 0.15) is 218 Å². The molecule has 0 unspecified atom stereocenters. The Labute approximate surface area is 760 Å². The lowest BCUT2D eigenvalue weighted by molar-refractivity contribution is -0.159. The number of rotatable bonds is 25. The molecule has 15 nitrogen and oxygen atoms in total. The molecular weight excluding hydrogens is 1670 g/mol. The van der Waals surface area contributed by atoms with Gasteiger partial charge in [-0.15, -0.1) is 0 Å². The Morgan fingerprint density at radius 2 is 0.806 bits per heavy atom. The molecule has 0 aromatic heterocycles. The first-order valence-electron chi connectivity index (χ1n) is 42.6. The number of sulfone groups is 1. The van der Waals surface area contributed by atoms with E-state index in [-0.39, 0.29) is 100 Å². The van der Waals surface area contributed by atoms with Crippen molar-refractivity contribution >= 4 is 94.3 Å². The minimum atomic E-state index is -3.16. The second-order valence-corrected chi connectivity index (χ2v) is 46.2. The van der Waals surface area contributed by atoms with E-state index in [1.807, 2.05) is 138 Å². The van der Waals surface area contributed by atoms with E-state index in [9.17, 15) is 50.8 Å². The van der Waals surface area contributed by atoms with Gasteiger partial charge in [-0.1, -0.05) is 386 Å². The molecule has 0 atom stereocenters. The number of esters is 6. The average Bonchev–Trinajstić information content (AvgIpc) is 1.48. The van der Waals surface area contributed by atoms with Gasteiger partial charge < -0.3 is 28.4 Å². The van der Waals surface area contributed by atoms with Gasteiger partial charge in [0.25, 0.3) is 0 Å². The van der Waals surface area contributed by atoms with Crippen LogP contribution in [0.4, 0.5) is 8.78 Å². The van der Waals surface area contributed by atoms with E-state index in [1.165, 1.54) is 59.2 Å². The second kappa shape index (κ2) is 59.6. The fourth-order valence-electron chi connectivity index (χ4n) is 10.3. The van der Waals surface area contributed by atoms with Gasteiger partial charge in [-0.25, -0.2) is 8.42 Å². The van der Waals surface area contributed by atoms with Crippen LogP contribution >= 0.6 is 34.8 Å². The third-order valence-corrected chi connectivity index (χ3v) is 22.1. The van der Waals surface area contributed by atoms with E-state index in [1.54, 1.807) is 59.8 Å². The third kappa shape index (κ3) is 51.3. The van der Waals surface area contributed by atoms with Crippen molar-refractivity contribution in [2.24, 2.45) is 53.3 Å². The van der Waals surface area contributed by atoms with Crippen molar-refractivity contribution in [3.8, 4) is 11.1 Å². The Hall–Kier alpha value is -8.33. The molecule has 0 heterocycles. The van der Waals surface area contributed by atoms with Gasteiger partial charge in [-0.05, 0) is 122 Å². The van der Waals surface area contributed by atoms with Crippen molar-refractivity contribution in [1.29, 1.82) is 0 Å². The molecule has 0 amide bonds. The third-order valence-electron chi connectivity index (χ3n) is 17.9. The van der Waals surface area contributed by atoms with Crippen molar-refractivity contribution < 1.29 is 79.2 Å². The van der Waals surface area contributed by atoms with E-state index in [2.05, 4.69) is 193 Å². The summed E-state index contributed by atoms with van der Waals surface area (Å²) in [5.74, 6) is -4.66. The standard InChI is InChI=1S/C18H18O2.C17H20.C11H14O2.C10H14O2S.C10H14.C9H20O2Si.C8H16O2.C7H12O2.C6H9Cl3O2.C6H10F2O/c1-12(2)18(19)20-11-17-15-9-5-3-7-13(15)14-8-4-6-10-16(14)17;1-14(2)17(3,15-10-6-4-7-11-15)16-12-8-5-9-13-16;1-9(2)11(12)13-8-10-6-4-3-5-7-10;1-8(2)13(11,12)10-6-4-9(3)5-7-10;1-9(2)8-10-6-4-3-5-7-10;1-8(2)9(10)11-6-7-12(3,4)5;1-6(2)7(9)10-8(3,4)5;1-4-5-9-7(8)6(2)3;1-4(2)5(10)11-3-6(7,8)9;1-4(2)5(9)6(3,7)8/h3-10,12,17H,11H2,1-2H3;4-14H,1-3H3;3-7,9H,8H2,1-2H3;4-8H,1-3H3;3-7,9H,8H2,1-2H3;8H,6-7H2,1-5H3;6H,1-5H3;4,6H,1,5H2,2-3H3;4H,3H2,1-2H3;4H,1-3H3. The zero-order valence-corrected chi connectivity index (χ0v) is 83.6. The topological polar surface area (TPSA) is 209 Å². The van der Waals surface area contributed by atoms with E-state index in [0.717, 1.165) is 23.1 Å². The number of hydrogen-bond acceptors (Lipinski definition) is 15. The number of carbonyl (C=O) groups is 7. The van der Waals surface area contributed by atoms with Gasteiger partial charge in [0.2, 0.25) is 9.58 Å². The summed E-state index contributed by atoms with van der Waals surface area (Å²) >= 11 is 16.0. The highest BCUT2D eigenvalue weighted by Gasteiger charge is 2.35. The maximum Gasteiger partial charge on any atom is 0.308 e. The highest BCUT2D eigenvalue weighted by molar-refractivity contribution is 7.92. The summed E-state index contributed by atoms with van der Waals surface area (Å²) in [5.41, 5.74) is 11.1.